The third-order valence-corrected chi connectivity index (χ3v) is 5.92. The maximum absolute atomic E-state index is 12.5. The summed E-state index contributed by atoms with van der Waals surface area (Å²) in [6, 6.07) is 11.3. The average Bonchev–Trinajstić information content (AvgIpc) is 2.68. The summed E-state index contributed by atoms with van der Waals surface area (Å²) in [7, 11) is -5.33. The van der Waals surface area contributed by atoms with Crippen LogP contribution in [0.1, 0.15) is 15.9 Å². The normalized spacial score (nSPS) is 17.1. The van der Waals surface area contributed by atoms with Crippen molar-refractivity contribution in [3.8, 4) is 0 Å². The molecule has 0 spiro atoms. The van der Waals surface area contributed by atoms with Gasteiger partial charge < -0.3 is 0 Å². The van der Waals surface area contributed by atoms with E-state index in [1.807, 2.05) is 23.8 Å². The molecule has 1 heterocycles. The van der Waals surface area contributed by atoms with Crippen LogP contribution < -0.4 is 4.72 Å². The van der Waals surface area contributed by atoms with Crippen molar-refractivity contribution >= 4 is 26.7 Å². The van der Waals surface area contributed by atoms with E-state index >= 15 is 0 Å². The zero-order valence-electron chi connectivity index (χ0n) is 11.0. The van der Waals surface area contributed by atoms with Gasteiger partial charge in [0.25, 0.3) is 15.9 Å². The lowest BCUT2D eigenvalue weighted by Crippen LogP contribution is -2.20. The Morgan fingerprint density at radius 1 is 1.00 bits per heavy atom. The Kier molecular flexibility index (Phi) is 3.18. The molecule has 1 aliphatic rings. The molecule has 0 saturated heterocycles. The number of hydrogen-bond acceptors (Lipinski definition) is 4. The topological polar surface area (TPSA) is 80.3 Å². The van der Waals surface area contributed by atoms with E-state index in [0.717, 1.165) is 5.56 Å². The molecule has 21 heavy (non-hydrogen) atoms. The van der Waals surface area contributed by atoms with Crippen molar-refractivity contribution in [3.05, 3.63) is 53.6 Å². The summed E-state index contributed by atoms with van der Waals surface area (Å²) >= 11 is 0. The number of fused-ring (bicyclic) bond motifs is 1. The summed E-state index contributed by atoms with van der Waals surface area (Å²) < 4.78 is 37.9. The highest BCUT2D eigenvalue weighted by Gasteiger charge is 2.33. The third kappa shape index (κ3) is 2.38. The minimum atomic E-state index is -3.83. The monoisotopic (exact) mass is 321 g/mol. The zero-order valence-corrected chi connectivity index (χ0v) is 12.6. The second-order valence-electron chi connectivity index (χ2n) is 4.67. The molecule has 0 radical (unpaired) electrons. The maximum Gasteiger partial charge on any atom is 0.266 e. The average molecular weight is 321 g/mol. The molecule has 108 valence electrons. The number of sulfonamides is 1. The summed E-state index contributed by atoms with van der Waals surface area (Å²) in [4.78, 5) is 12.3. The summed E-state index contributed by atoms with van der Waals surface area (Å²) in [5, 5.41) is 0. The van der Waals surface area contributed by atoms with Gasteiger partial charge in [0.05, 0.1) is 16.4 Å². The van der Waals surface area contributed by atoms with Crippen molar-refractivity contribution in [2.75, 3.05) is 0 Å². The Morgan fingerprint density at radius 2 is 1.62 bits per heavy atom. The van der Waals surface area contributed by atoms with Gasteiger partial charge in [0.2, 0.25) is 0 Å². The summed E-state index contributed by atoms with van der Waals surface area (Å²) in [5.41, 5.74) is 1.13. The van der Waals surface area contributed by atoms with Gasteiger partial charge in [0.1, 0.15) is 4.90 Å². The first-order valence-corrected chi connectivity index (χ1v) is 8.71. The summed E-state index contributed by atoms with van der Waals surface area (Å²) in [6.45, 7) is 1.92. The molecule has 1 unspecified atom stereocenters. The Labute approximate surface area is 124 Å². The highest BCUT2D eigenvalue weighted by atomic mass is 32.2. The number of hydrogen-bond donors (Lipinski definition) is 1. The molecule has 5 nitrogen and oxygen atoms in total. The molecule has 7 heteroatoms. The van der Waals surface area contributed by atoms with E-state index in [2.05, 4.69) is 0 Å². The molecule has 3 rings (SSSR count). The van der Waals surface area contributed by atoms with E-state index in [9.17, 15) is 17.4 Å². The van der Waals surface area contributed by atoms with Crippen LogP contribution in [0.2, 0.25) is 0 Å². The predicted molar refractivity (Wildman–Crippen MR) is 76.9 cm³/mol. The lowest BCUT2D eigenvalue weighted by Gasteiger charge is -2.04. The fourth-order valence-electron chi connectivity index (χ4n) is 2.06. The lowest BCUT2D eigenvalue weighted by atomic mass is 10.2. The molecule has 2 aromatic rings. The number of amides is 1. The van der Waals surface area contributed by atoms with Gasteiger partial charge in [-0.05, 0) is 37.3 Å². The van der Waals surface area contributed by atoms with Crippen LogP contribution in [0.4, 0.5) is 0 Å². The molecule has 0 aliphatic carbocycles. The molecule has 0 fully saturated rings. The highest BCUT2D eigenvalue weighted by molar-refractivity contribution is 7.90. The first-order chi connectivity index (χ1) is 9.88. The van der Waals surface area contributed by atoms with Crippen LogP contribution >= 0.6 is 0 Å². The third-order valence-electron chi connectivity index (χ3n) is 3.16. The molecule has 1 aliphatic heterocycles. The molecular formula is C14H11NO4S2. The van der Waals surface area contributed by atoms with Crippen molar-refractivity contribution < 1.29 is 17.4 Å². The molecule has 1 N–H and O–H groups in total. The Balaban J connectivity index is 2.08. The van der Waals surface area contributed by atoms with Gasteiger partial charge in [0, 0.05) is 9.79 Å². The Morgan fingerprint density at radius 3 is 2.29 bits per heavy atom. The number of carbonyl (C=O) groups is 1. The number of benzene rings is 2. The van der Waals surface area contributed by atoms with Gasteiger partial charge in [0.15, 0.2) is 0 Å². The molecule has 1 amide bonds. The molecule has 0 aromatic heterocycles. The Hall–Kier alpha value is -1.99. The number of aryl methyl sites for hydroxylation is 1. The van der Waals surface area contributed by atoms with Crippen molar-refractivity contribution in [1.82, 2.24) is 4.72 Å². The van der Waals surface area contributed by atoms with E-state index in [1.165, 1.54) is 18.2 Å². The highest BCUT2D eigenvalue weighted by Crippen LogP contribution is 2.26. The van der Waals surface area contributed by atoms with Crippen LogP contribution in [-0.4, -0.2) is 18.5 Å². The summed E-state index contributed by atoms with van der Waals surface area (Å²) in [5.74, 6) is -0.655. The van der Waals surface area contributed by atoms with Crippen LogP contribution in [0.5, 0.6) is 0 Å². The summed E-state index contributed by atoms with van der Waals surface area (Å²) in [6.07, 6.45) is 0. The van der Waals surface area contributed by atoms with Gasteiger partial charge in [-0.25, -0.2) is 17.3 Å². The molecular weight excluding hydrogens is 310 g/mol. The second kappa shape index (κ2) is 4.78. The number of nitrogens with one attached hydrogen (secondary N) is 1. The van der Waals surface area contributed by atoms with Crippen LogP contribution in [0.25, 0.3) is 0 Å². The van der Waals surface area contributed by atoms with Crippen molar-refractivity contribution in [2.45, 2.75) is 21.6 Å². The second-order valence-corrected chi connectivity index (χ2v) is 7.81. The molecule has 0 saturated carbocycles. The number of rotatable bonds is 2. The fourth-order valence-corrected chi connectivity index (χ4v) is 4.40. The van der Waals surface area contributed by atoms with Crippen molar-refractivity contribution in [2.24, 2.45) is 0 Å². The minimum Gasteiger partial charge on any atom is -0.268 e. The Bertz CT molecular complexity index is 870. The first kappa shape index (κ1) is 14.0. The van der Waals surface area contributed by atoms with E-state index in [0.29, 0.717) is 9.79 Å². The van der Waals surface area contributed by atoms with Gasteiger partial charge in [-0.3, -0.25) is 4.79 Å². The van der Waals surface area contributed by atoms with Gasteiger partial charge in [-0.2, -0.15) is 0 Å². The standard InChI is InChI=1S/C14H11NO4S2/c1-9-2-4-10(5-3-9)20(17)11-6-7-12-13(8-11)21(18,19)15-14(12)16/h2-8H,1H3,(H,15,16). The van der Waals surface area contributed by atoms with E-state index in [-0.39, 0.29) is 10.5 Å². The van der Waals surface area contributed by atoms with Crippen molar-refractivity contribution in [1.29, 1.82) is 0 Å². The lowest BCUT2D eigenvalue weighted by molar-refractivity contribution is 0.0985. The van der Waals surface area contributed by atoms with Gasteiger partial charge in [-0.1, -0.05) is 17.7 Å². The quantitative estimate of drug-likeness (QED) is 0.911. The van der Waals surface area contributed by atoms with Crippen LogP contribution in [0.15, 0.2) is 57.2 Å². The van der Waals surface area contributed by atoms with Crippen LogP contribution in [0.3, 0.4) is 0 Å². The first-order valence-electron chi connectivity index (χ1n) is 6.08. The number of carbonyl (C=O) groups excluding carboxylic acids is 1. The molecule has 0 bridgehead atoms. The maximum atomic E-state index is 12.5. The van der Waals surface area contributed by atoms with Gasteiger partial charge in [-0.15, -0.1) is 0 Å². The van der Waals surface area contributed by atoms with Crippen LogP contribution in [0, 0.1) is 6.92 Å². The van der Waals surface area contributed by atoms with E-state index in [1.54, 1.807) is 12.1 Å². The minimum absolute atomic E-state index is 0.0830. The smallest absolute Gasteiger partial charge is 0.266 e. The van der Waals surface area contributed by atoms with Crippen molar-refractivity contribution in [3.63, 3.8) is 0 Å². The zero-order chi connectivity index (χ0) is 15.2. The molecule has 1 atom stereocenters. The molecule has 2 aromatic carbocycles. The van der Waals surface area contributed by atoms with E-state index < -0.39 is 26.7 Å². The van der Waals surface area contributed by atoms with Gasteiger partial charge >= 0.3 is 0 Å². The SMILES string of the molecule is Cc1ccc(S(=O)c2ccc3c(c2)S(=O)(=O)NC3=O)cc1. The van der Waals surface area contributed by atoms with Crippen LogP contribution in [-0.2, 0) is 20.8 Å². The predicted octanol–water partition coefficient (Wildman–Crippen LogP) is 1.59. The fraction of sp³-hybridized carbons (Fsp3) is 0.0714. The largest absolute Gasteiger partial charge is 0.268 e. The van der Waals surface area contributed by atoms with E-state index in [4.69, 9.17) is 0 Å².